The quantitative estimate of drug-likeness (QED) is 0.414. The minimum Gasteiger partial charge on any atom is -0.469 e. The zero-order valence-corrected chi connectivity index (χ0v) is 9.56. The van der Waals surface area contributed by atoms with Gasteiger partial charge < -0.3 is 9.47 Å². The summed E-state index contributed by atoms with van der Waals surface area (Å²) in [7, 11) is 2.68. The fourth-order valence-corrected chi connectivity index (χ4v) is 1.90. The molecule has 0 aromatic carbocycles. The van der Waals surface area contributed by atoms with Crippen molar-refractivity contribution < 1.29 is 19.1 Å². The summed E-state index contributed by atoms with van der Waals surface area (Å²) in [5.74, 6) is -0.906. The Bertz CT molecular complexity index is 330. The first-order valence-electron chi connectivity index (χ1n) is 5.09. The topological polar surface area (TPSA) is 52.6 Å². The first kappa shape index (κ1) is 12.5. The number of hydrogen-bond acceptors (Lipinski definition) is 4. The maximum atomic E-state index is 11.5. The third kappa shape index (κ3) is 2.95. The number of carbonyl (C=O) groups is 2. The lowest BCUT2D eigenvalue weighted by molar-refractivity contribution is -0.146. The molecule has 0 radical (unpaired) electrons. The zero-order chi connectivity index (χ0) is 12.1. The highest BCUT2D eigenvalue weighted by Crippen LogP contribution is 2.36. The van der Waals surface area contributed by atoms with E-state index in [2.05, 4.69) is 11.3 Å². The Labute approximate surface area is 94.9 Å². The van der Waals surface area contributed by atoms with Crippen molar-refractivity contribution in [3.8, 4) is 0 Å². The highest BCUT2D eigenvalue weighted by Gasteiger charge is 2.34. The average molecular weight is 224 g/mol. The fourth-order valence-electron chi connectivity index (χ4n) is 1.90. The van der Waals surface area contributed by atoms with E-state index in [0.29, 0.717) is 12.8 Å². The van der Waals surface area contributed by atoms with E-state index < -0.39 is 5.97 Å². The van der Waals surface area contributed by atoms with Gasteiger partial charge in [-0.25, -0.2) is 4.79 Å². The van der Waals surface area contributed by atoms with E-state index in [0.717, 1.165) is 5.57 Å². The van der Waals surface area contributed by atoms with Crippen LogP contribution in [0.25, 0.3) is 0 Å². The maximum absolute atomic E-state index is 11.5. The lowest BCUT2D eigenvalue weighted by atomic mass is 9.96. The summed E-state index contributed by atoms with van der Waals surface area (Å²) in [6.45, 7) is 3.86. The largest absolute Gasteiger partial charge is 0.469 e. The van der Waals surface area contributed by atoms with E-state index in [1.807, 2.05) is 0 Å². The number of methoxy groups -OCH3 is 2. The first-order chi connectivity index (χ1) is 7.58. The minimum atomic E-state index is -0.416. The maximum Gasteiger partial charge on any atom is 0.330 e. The van der Waals surface area contributed by atoms with Crippen molar-refractivity contribution in [2.75, 3.05) is 14.2 Å². The molecule has 0 aliphatic heterocycles. The van der Waals surface area contributed by atoms with E-state index in [1.54, 1.807) is 6.08 Å². The summed E-state index contributed by atoms with van der Waals surface area (Å²) < 4.78 is 9.21. The van der Waals surface area contributed by atoms with Gasteiger partial charge in [-0.1, -0.05) is 18.2 Å². The van der Waals surface area contributed by atoms with Crippen molar-refractivity contribution in [2.45, 2.75) is 12.8 Å². The van der Waals surface area contributed by atoms with Crippen molar-refractivity contribution >= 4 is 11.9 Å². The summed E-state index contributed by atoms with van der Waals surface area (Å²) in [6.07, 6.45) is 4.39. The molecule has 1 fully saturated rings. The van der Waals surface area contributed by atoms with E-state index in [9.17, 15) is 9.59 Å². The molecule has 4 nitrogen and oxygen atoms in total. The van der Waals surface area contributed by atoms with Crippen LogP contribution in [0.3, 0.4) is 0 Å². The summed E-state index contributed by atoms with van der Waals surface area (Å²) in [4.78, 5) is 22.4. The van der Waals surface area contributed by atoms with Crippen molar-refractivity contribution in [2.24, 2.45) is 11.8 Å². The summed E-state index contributed by atoms with van der Waals surface area (Å²) in [5.41, 5.74) is 1.01. The zero-order valence-electron chi connectivity index (χ0n) is 9.56. The van der Waals surface area contributed by atoms with E-state index in [1.165, 1.54) is 20.3 Å². The van der Waals surface area contributed by atoms with Crippen LogP contribution in [-0.4, -0.2) is 26.2 Å². The number of ether oxygens (including phenoxy) is 2. The van der Waals surface area contributed by atoms with Gasteiger partial charge in [0.25, 0.3) is 0 Å². The standard InChI is InChI=1S/C12H16O4/c1-8-6-9(4-5-11(13)15-2)10(7-8)12(14)16-3/h4-5,9-10H,1,6-7H2,2-3H3/b5-4+. The van der Waals surface area contributed by atoms with Crippen molar-refractivity contribution in [3.63, 3.8) is 0 Å². The normalized spacial score (nSPS) is 24.8. The Morgan fingerprint density at radius 2 is 2.00 bits per heavy atom. The van der Waals surface area contributed by atoms with Crippen molar-refractivity contribution in [3.05, 3.63) is 24.3 Å². The van der Waals surface area contributed by atoms with Crippen LogP contribution in [-0.2, 0) is 19.1 Å². The molecular weight excluding hydrogens is 208 g/mol. The van der Waals surface area contributed by atoms with Gasteiger partial charge in [-0.05, 0) is 18.8 Å². The Balaban J connectivity index is 2.70. The second-order valence-corrected chi connectivity index (χ2v) is 3.83. The summed E-state index contributed by atoms with van der Waals surface area (Å²) in [5, 5.41) is 0. The van der Waals surface area contributed by atoms with Gasteiger partial charge in [0.15, 0.2) is 0 Å². The molecule has 0 aromatic rings. The van der Waals surface area contributed by atoms with Gasteiger partial charge in [0.05, 0.1) is 20.1 Å². The van der Waals surface area contributed by atoms with Gasteiger partial charge >= 0.3 is 11.9 Å². The van der Waals surface area contributed by atoms with Gasteiger partial charge in [-0.15, -0.1) is 0 Å². The Hall–Kier alpha value is -1.58. The average Bonchev–Trinajstić information content (AvgIpc) is 2.66. The number of rotatable bonds is 3. The van der Waals surface area contributed by atoms with Gasteiger partial charge in [0.2, 0.25) is 0 Å². The van der Waals surface area contributed by atoms with Crippen molar-refractivity contribution in [1.29, 1.82) is 0 Å². The predicted molar refractivity (Wildman–Crippen MR) is 58.5 cm³/mol. The number of esters is 2. The predicted octanol–water partition coefficient (Wildman–Crippen LogP) is 1.47. The molecule has 0 saturated heterocycles. The van der Waals surface area contributed by atoms with E-state index in [4.69, 9.17) is 4.74 Å². The van der Waals surface area contributed by atoms with E-state index >= 15 is 0 Å². The number of allylic oxidation sites excluding steroid dienone is 2. The van der Waals surface area contributed by atoms with Crippen LogP contribution in [0.15, 0.2) is 24.3 Å². The molecule has 4 heteroatoms. The van der Waals surface area contributed by atoms with Gasteiger partial charge in [-0.2, -0.15) is 0 Å². The monoisotopic (exact) mass is 224 g/mol. The highest BCUT2D eigenvalue weighted by molar-refractivity contribution is 5.82. The molecule has 0 heterocycles. The van der Waals surface area contributed by atoms with Crippen LogP contribution >= 0.6 is 0 Å². The molecule has 1 aliphatic rings. The fraction of sp³-hybridized carbons (Fsp3) is 0.500. The number of hydrogen-bond donors (Lipinski definition) is 0. The van der Waals surface area contributed by atoms with Gasteiger partial charge in [0.1, 0.15) is 0 Å². The molecule has 0 bridgehead atoms. The molecule has 0 spiro atoms. The van der Waals surface area contributed by atoms with Crippen LogP contribution in [0.2, 0.25) is 0 Å². The molecule has 0 amide bonds. The van der Waals surface area contributed by atoms with Crippen LogP contribution in [0.1, 0.15) is 12.8 Å². The molecule has 88 valence electrons. The van der Waals surface area contributed by atoms with Crippen LogP contribution < -0.4 is 0 Å². The first-order valence-corrected chi connectivity index (χ1v) is 5.09. The molecule has 2 atom stereocenters. The molecule has 1 aliphatic carbocycles. The molecule has 1 saturated carbocycles. The third-order valence-electron chi connectivity index (χ3n) is 2.73. The lowest BCUT2D eigenvalue weighted by Gasteiger charge is -2.12. The molecule has 1 rings (SSSR count). The van der Waals surface area contributed by atoms with Crippen LogP contribution in [0, 0.1) is 11.8 Å². The summed E-state index contributed by atoms with van der Waals surface area (Å²) in [6, 6.07) is 0. The highest BCUT2D eigenvalue weighted by atomic mass is 16.5. The molecule has 0 aromatic heterocycles. The molecule has 2 unspecified atom stereocenters. The lowest BCUT2D eigenvalue weighted by Crippen LogP contribution is -2.19. The van der Waals surface area contributed by atoms with E-state index in [-0.39, 0.29) is 17.8 Å². The Morgan fingerprint density at radius 1 is 1.31 bits per heavy atom. The Kier molecular flexibility index (Phi) is 4.28. The number of carbonyl (C=O) groups excluding carboxylic acids is 2. The molecular formula is C12H16O4. The second kappa shape index (κ2) is 5.49. The molecule has 16 heavy (non-hydrogen) atoms. The molecule has 0 N–H and O–H groups in total. The second-order valence-electron chi connectivity index (χ2n) is 3.83. The van der Waals surface area contributed by atoms with Crippen LogP contribution in [0.5, 0.6) is 0 Å². The van der Waals surface area contributed by atoms with Crippen LogP contribution in [0.4, 0.5) is 0 Å². The Morgan fingerprint density at radius 3 is 2.56 bits per heavy atom. The SMILES string of the molecule is C=C1CC(/C=C/C(=O)OC)C(C(=O)OC)C1. The minimum absolute atomic E-state index is 0.0148. The van der Waals surface area contributed by atoms with Crippen molar-refractivity contribution in [1.82, 2.24) is 0 Å². The van der Waals surface area contributed by atoms with Gasteiger partial charge in [0, 0.05) is 6.08 Å². The summed E-state index contributed by atoms with van der Waals surface area (Å²) >= 11 is 0. The smallest absolute Gasteiger partial charge is 0.330 e. The van der Waals surface area contributed by atoms with Gasteiger partial charge in [-0.3, -0.25) is 4.79 Å². The third-order valence-corrected chi connectivity index (χ3v) is 2.73.